The van der Waals surface area contributed by atoms with E-state index in [2.05, 4.69) is 10.6 Å². The van der Waals surface area contributed by atoms with Crippen molar-refractivity contribution in [3.63, 3.8) is 0 Å². The number of fused-ring (bicyclic) bond motifs is 4. The van der Waals surface area contributed by atoms with Crippen LogP contribution < -0.4 is 20.1 Å². The van der Waals surface area contributed by atoms with E-state index in [9.17, 15) is 38.7 Å². The Kier molecular flexibility index (Phi) is 24.8. The van der Waals surface area contributed by atoms with Gasteiger partial charge in [0.05, 0.1) is 31.8 Å². The van der Waals surface area contributed by atoms with Gasteiger partial charge in [0.25, 0.3) is 5.91 Å². The molecule has 0 aliphatic carbocycles. The van der Waals surface area contributed by atoms with Crippen molar-refractivity contribution >= 4 is 58.8 Å². The minimum atomic E-state index is -1.59. The Morgan fingerprint density at radius 1 is 0.667 bits per heavy atom. The Bertz CT molecular complexity index is 3190. The Balaban J connectivity index is 1.20. The van der Waals surface area contributed by atoms with Crippen LogP contribution in [0.2, 0.25) is 0 Å². The fourth-order valence-corrected chi connectivity index (χ4v) is 11.8. The second-order valence-corrected chi connectivity index (χ2v) is 24.6. The summed E-state index contributed by atoms with van der Waals surface area (Å²) < 4.78 is 23.1. The van der Waals surface area contributed by atoms with Gasteiger partial charge in [-0.2, -0.15) is 0 Å². The van der Waals surface area contributed by atoms with Gasteiger partial charge in [0.1, 0.15) is 30.8 Å². The highest BCUT2D eigenvalue weighted by atomic mass is 16.6. The third-order valence-electron chi connectivity index (χ3n) is 17.0. The van der Waals surface area contributed by atoms with Crippen molar-refractivity contribution in [2.45, 2.75) is 147 Å². The fourth-order valence-electron chi connectivity index (χ4n) is 11.8. The van der Waals surface area contributed by atoms with Gasteiger partial charge in [0.15, 0.2) is 17.8 Å². The number of aryl methyl sites for hydroxylation is 1. The number of amides is 7. The molecule has 0 saturated carbocycles. The molecule has 2 bridgehead atoms. The zero-order valence-electron chi connectivity index (χ0n) is 53.4. The summed E-state index contributed by atoms with van der Waals surface area (Å²) in [4.78, 5) is 136. The van der Waals surface area contributed by atoms with Crippen LogP contribution >= 0.6 is 0 Å². The number of piperidine rings is 1. The van der Waals surface area contributed by atoms with Crippen molar-refractivity contribution in [1.82, 2.24) is 29.8 Å². The molecule has 7 atom stereocenters. The summed E-state index contributed by atoms with van der Waals surface area (Å²) in [5.74, 6) is -4.47. The van der Waals surface area contributed by atoms with Crippen molar-refractivity contribution in [1.29, 1.82) is 0 Å². The first-order valence-corrected chi connectivity index (χ1v) is 31.1. The predicted molar refractivity (Wildman–Crippen MR) is 337 cm³/mol. The molecule has 3 aliphatic heterocycles. The van der Waals surface area contributed by atoms with Crippen molar-refractivity contribution in [2.75, 3.05) is 66.9 Å². The number of benzene rings is 4. The number of aliphatic hydroxyl groups is 1. The van der Waals surface area contributed by atoms with Crippen molar-refractivity contribution < 1.29 is 67.2 Å². The average Bonchev–Trinajstić information content (AvgIpc) is 1.52. The van der Waals surface area contributed by atoms with Crippen LogP contribution in [0.5, 0.6) is 11.5 Å². The summed E-state index contributed by atoms with van der Waals surface area (Å²) in [7, 11) is 7.74. The number of methoxy groups -OCH3 is 2. The number of cyclic esters (lactones) is 1. The predicted octanol–water partition coefficient (Wildman–Crippen LogP) is 7.16. The molecule has 3 N–H and O–H groups in total. The van der Waals surface area contributed by atoms with Gasteiger partial charge in [-0.25, -0.2) is 4.79 Å². The molecule has 3 heterocycles. The highest BCUT2D eigenvalue weighted by Gasteiger charge is 2.45. The number of nitrogens with one attached hydrogen (secondary N) is 2. The van der Waals surface area contributed by atoms with Gasteiger partial charge in [-0.05, 0) is 124 Å². The molecule has 484 valence electrons. The van der Waals surface area contributed by atoms with E-state index in [1.165, 1.54) is 71.8 Å². The summed E-state index contributed by atoms with van der Waals surface area (Å²) in [5.41, 5.74) is 1.46. The molecule has 90 heavy (non-hydrogen) atoms. The number of ether oxygens (including phenoxy) is 4. The number of rotatable bonds is 10. The molecular formula is C69H89N7O14. The van der Waals surface area contributed by atoms with E-state index in [0.717, 1.165) is 11.1 Å². The molecule has 0 spiro atoms. The number of nitrogens with zero attached hydrogens (tertiary/aromatic N) is 5. The number of aliphatic hydroxyl groups excluding tert-OH is 1. The molecule has 4 aromatic carbocycles. The van der Waals surface area contributed by atoms with E-state index in [4.69, 9.17) is 18.9 Å². The maximum atomic E-state index is 15.2. The van der Waals surface area contributed by atoms with Gasteiger partial charge < -0.3 is 59.2 Å². The van der Waals surface area contributed by atoms with Crippen molar-refractivity contribution in [3.8, 4) is 11.5 Å². The lowest BCUT2D eigenvalue weighted by atomic mass is 9.87. The lowest BCUT2D eigenvalue weighted by Gasteiger charge is -2.40. The molecule has 21 nitrogen and oxygen atoms in total. The van der Waals surface area contributed by atoms with Crippen LogP contribution in [0.3, 0.4) is 0 Å². The smallest absolute Gasteiger partial charge is 0.330 e. The SMILES string of the molecule is COc1ccc(CC[C@H]2OC(O)C3CCCCN3C(=O)C(=O)C(C)(C)COC(=O)/C=C/CCN(C)C(=O)[C@H](CC(C)C)N(C)C(=O)[C@H]3CCCN3C(=O)[C@H](Cc3ccccc3)N(C)C(=O)[C@H](c3ccccc3)NC(=O)CCC(=O)Nc3cccc2c3)cc1OC. The van der Waals surface area contributed by atoms with Gasteiger partial charge in [-0.1, -0.05) is 98.8 Å². The van der Waals surface area contributed by atoms with E-state index in [0.29, 0.717) is 73.3 Å². The molecular weight excluding hydrogens is 1150 g/mol. The zero-order chi connectivity index (χ0) is 65.2. The Labute approximate surface area is 528 Å². The second kappa shape index (κ2) is 32.4. The third-order valence-corrected chi connectivity index (χ3v) is 17.0. The molecule has 2 saturated heterocycles. The lowest BCUT2D eigenvalue weighted by Crippen LogP contribution is -2.58. The monoisotopic (exact) mass is 1240 g/mol. The minimum absolute atomic E-state index is 0.0227. The molecule has 21 heteroatoms. The molecule has 0 radical (unpaired) electrons. The normalized spacial score (nSPS) is 24.2. The number of anilines is 1. The van der Waals surface area contributed by atoms with Crippen molar-refractivity contribution in [2.24, 2.45) is 11.3 Å². The first-order chi connectivity index (χ1) is 43.0. The van der Waals surface area contributed by atoms with E-state index in [1.54, 1.807) is 74.8 Å². The molecule has 0 aromatic heterocycles. The zero-order valence-corrected chi connectivity index (χ0v) is 53.4. The van der Waals surface area contributed by atoms with Gasteiger partial charge >= 0.3 is 5.97 Å². The van der Waals surface area contributed by atoms with E-state index < -0.39 is 102 Å². The molecule has 7 rings (SSSR count). The number of hydrogen-bond donors (Lipinski definition) is 3. The van der Waals surface area contributed by atoms with Gasteiger partial charge in [-0.3, -0.25) is 38.4 Å². The van der Waals surface area contributed by atoms with Crippen LogP contribution in [0.25, 0.3) is 0 Å². The number of carbonyl (C=O) groups excluding carboxylic acids is 9. The lowest BCUT2D eigenvalue weighted by molar-refractivity contribution is -0.188. The van der Waals surface area contributed by atoms with E-state index >= 15 is 9.59 Å². The first kappa shape index (κ1) is 69.1. The number of hydrogen-bond acceptors (Lipinski definition) is 14. The van der Waals surface area contributed by atoms with Crippen LogP contribution in [-0.2, 0) is 65.5 Å². The summed E-state index contributed by atoms with van der Waals surface area (Å²) in [6.45, 7) is 6.97. The minimum Gasteiger partial charge on any atom is -0.493 e. The van der Waals surface area contributed by atoms with E-state index in [-0.39, 0.29) is 63.6 Å². The Morgan fingerprint density at radius 2 is 1.33 bits per heavy atom. The highest BCUT2D eigenvalue weighted by molar-refractivity contribution is 6.38. The second-order valence-electron chi connectivity index (χ2n) is 24.6. The van der Waals surface area contributed by atoms with Crippen LogP contribution in [0, 0.1) is 11.3 Å². The number of carbonyl (C=O) groups is 9. The summed E-state index contributed by atoms with van der Waals surface area (Å²) in [6, 6.07) is 24.8. The Morgan fingerprint density at radius 3 is 2.03 bits per heavy atom. The molecule has 2 fully saturated rings. The largest absolute Gasteiger partial charge is 0.493 e. The number of Topliss-reactive ketones (excluding diaryl/α,β-unsaturated/α-hetero) is 1. The summed E-state index contributed by atoms with van der Waals surface area (Å²) in [6.07, 6.45) is 3.25. The van der Waals surface area contributed by atoms with Crippen molar-refractivity contribution in [3.05, 3.63) is 138 Å². The number of ketones is 1. The van der Waals surface area contributed by atoms with Crippen LogP contribution in [0.4, 0.5) is 5.69 Å². The molecule has 2 unspecified atom stereocenters. The van der Waals surface area contributed by atoms with Crippen LogP contribution in [0.15, 0.2) is 115 Å². The van der Waals surface area contributed by atoms with E-state index in [1.807, 2.05) is 56.3 Å². The maximum absolute atomic E-state index is 15.2. The summed E-state index contributed by atoms with van der Waals surface area (Å²) >= 11 is 0. The molecule has 3 aliphatic rings. The third kappa shape index (κ3) is 18.1. The number of likely N-dealkylation sites (N-methyl/N-ethyl adjacent to an activating group) is 3. The first-order valence-electron chi connectivity index (χ1n) is 31.1. The van der Waals surface area contributed by atoms with Crippen LogP contribution in [0.1, 0.15) is 126 Å². The molecule has 7 amide bonds. The number of esters is 1. The van der Waals surface area contributed by atoms with Gasteiger partial charge in [-0.15, -0.1) is 0 Å². The average molecular weight is 1240 g/mol. The fraction of sp³-hybridized carbons (Fsp3) is 0.493. The molecule has 4 aromatic rings. The maximum Gasteiger partial charge on any atom is 0.330 e. The standard InChI is InChI=1S/C69H89N7O14/c1-45(2)40-53-63(81)72(5)37-18-17-30-60(79)89-44-69(3,4)62(80)67(85)76-38-19-16-28-52(76)68(86)90-55(33-31-47-32-34-56(87-8)57(42-47)88-9)49-26-20-27-50(43-49)70-58(77)35-36-59(78)71-61(48-24-14-11-15-25-48)66(84)74(7)54(41-46-22-12-10-13-23-46)65(83)75-39-21-29-51(75)64(82)73(53)6/h10-15,17,20,22-27,30,32,34,42-43,45,51-55,61,68,86H,16,18-19,21,28-29,31,33,35-41,44H2,1-9H3,(H,70,77)(H,71,78)/b30-17+/t51-,52?,53+,54+,55-,61+,68?/m1/s1. The Hall–Kier alpha value is -8.43. The topological polar surface area (TPSA) is 251 Å². The summed E-state index contributed by atoms with van der Waals surface area (Å²) in [5, 5.41) is 17.8. The van der Waals surface area contributed by atoms with Crippen LogP contribution in [-0.4, -0.2) is 175 Å². The quantitative estimate of drug-likeness (QED) is 0.105. The highest BCUT2D eigenvalue weighted by Crippen LogP contribution is 2.34. The van der Waals surface area contributed by atoms with Gasteiger partial charge in [0, 0.05) is 71.8 Å². The van der Waals surface area contributed by atoms with Gasteiger partial charge in [0.2, 0.25) is 41.2 Å².